The first-order chi connectivity index (χ1) is 12.7. The Morgan fingerprint density at radius 2 is 1.78 bits per heavy atom. The molecule has 1 aromatic carbocycles. The summed E-state index contributed by atoms with van der Waals surface area (Å²) in [4.78, 5) is 2.10. The molecule has 0 spiro atoms. The van der Waals surface area contributed by atoms with Gasteiger partial charge in [0.25, 0.3) is 0 Å². The van der Waals surface area contributed by atoms with Crippen molar-refractivity contribution in [2.24, 2.45) is 16.7 Å². The number of nitrogens with zero attached hydrogens (tertiary/aromatic N) is 4. The molecule has 5 nitrogen and oxygen atoms in total. The molecule has 4 unspecified atom stereocenters. The lowest BCUT2D eigenvalue weighted by atomic mass is 9.48. The molecule has 2 aliphatic rings. The summed E-state index contributed by atoms with van der Waals surface area (Å²) < 4.78 is 13.5. The third kappa shape index (κ3) is 2.47. The van der Waals surface area contributed by atoms with Crippen molar-refractivity contribution in [1.29, 1.82) is 21.2 Å². The number of hydrogen-bond acceptors (Lipinski definition) is 5. The molecule has 1 saturated carbocycles. The fourth-order valence-electron chi connectivity index (χ4n) is 4.71. The zero-order chi connectivity index (χ0) is 20.0. The van der Waals surface area contributed by atoms with Crippen molar-refractivity contribution in [3.8, 4) is 18.2 Å². The van der Waals surface area contributed by atoms with Crippen LogP contribution in [0.3, 0.4) is 0 Å². The number of rotatable bonds is 1. The SMILES string of the molecule is CC1C=C2C(C#N)C(=N)C(C#N)(C#N)C(c3ccc(F)cc3)C2(C)CN1C. The summed E-state index contributed by atoms with van der Waals surface area (Å²) in [7, 11) is 1.95. The molecule has 4 atom stereocenters. The van der Waals surface area contributed by atoms with Gasteiger partial charge in [-0.05, 0) is 37.2 Å². The van der Waals surface area contributed by atoms with Crippen molar-refractivity contribution in [1.82, 2.24) is 4.90 Å². The van der Waals surface area contributed by atoms with Gasteiger partial charge in [-0.15, -0.1) is 0 Å². The van der Waals surface area contributed by atoms with E-state index in [9.17, 15) is 20.2 Å². The van der Waals surface area contributed by atoms with Crippen LogP contribution in [0.2, 0.25) is 0 Å². The Kier molecular flexibility index (Phi) is 4.38. The number of hydrogen-bond donors (Lipinski definition) is 1. The van der Waals surface area contributed by atoms with Gasteiger partial charge >= 0.3 is 0 Å². The van der Waals surface area contributed by atoms with Gasteiger partial charge in [-0.25, -0.2) is 4.39 Å². The lowest BCUT2D eigenvalue weighted by molar-refractivity contribution is 0.119. The quantitative estimate of drug-likeness (QED) is 0.775. The highest BCUT2D eigenvalue weighted by atomic mass is 19.1. The van der Waals surface area contributed by atoms with E-state index in [4.69, 9.17) is 5.41 Å². The Bertz CT molecular complexity index is 929. The lowest BCUT2D eigenvalue weighted by Crippen LogP contribution is -2.58. The molecule has 6 heteroatoms. The molecular weight excluding hydrogens is 341 g/mol. The van der Waals surface area contributed by atoms with Crippen molar-refractivity contribution in [2.45, 2.75) is 25.8 Å². The molecule has 27 heavy (non-hydrogen) atoms. The molecule has 0 saturated heterocycles. The van der Waals surface area contributed by atoms with Crippen molar-refractivity contribution in [3.05, 3.63) is 47.3 Å². The van der Waals surface area contributed by atoms with E-state index in [2.05, 4.69) is 23.1 Å². The maximum Gasteiger partial charge on any atom is 0.190 e. The number of likely N-dealkylation sites (N-methyl/N-ethyl adjacent to an activating group) is 1. The summed E-state index contributed by atoms with van der Waals surface area (Å²) in [6, 6.07) is 12.1. The standard InChI is InChI=1S/C21H20FN5/c1-13-8-17-16(9-23)19(26)21(10-24,11-25)18(20(17,2)12-27(13)3)14-4-6-15(22)7-5-14/h4-8,13,16,18,26H,12H2,1-3H3. The van der Waals surface area contributed by atoms with Gasteiger partial charge in [-0.1, -0.05) is 25.1 Å². The third-order valence-electron chi connectivity index (χ3n) is 6.13. The molecule has 1 aliphatic carbocycles. The Balaban J connectivity index is 2.36. The molecule has 3 rings (SSSR count). The minimum Gasteiger partial charge on any atom is -0.305 e. The molecule has 0 amide bonds. The highest BCUT2D eigenvalue weighted by Crippen LogP contribution is 2.60. The van der Waals surface area contributed by atoms with Gasteiger partial charge in [0, 0.05) is 23.9 Å². The minimum atomic E-state index is -1.79. The number of nitriles is 3. The summed E-state index contributed by atoms with van der Waals surface area (Å²) in [5.74, 6) is -2.00. The highest BCUT2D eigenvalue weighted by molar-refractivity contribution is 6.01. The molecule has 0 aromatic heterocycles. The van der Waals surface area contributed by atoms with Crippen LogP contribution < -0.4 is 0 Å². The van der Waals surface area contributed by atoms with Crippen LogP contribution in [0.25, 0.3) is 0 Å². The predicted molar refractivity (Wildman–Crippen MR) is 97.9 cm³/mol. The number of halogens is 1. The van der Waals surface area contributed by atoms with Gasteiger partial charge in [0.1, 0.15) is 11.7 Å². The van der Waals surface area contributed by atoms with E-state index < -0.39 is 28.5 Å². The number of benzene rings is 1. The van der Waals surface area contributed by atoms with Gasteiger partial charge in [0.2, 0.25) is 0 Å². The molecule has 1 heterocycles. The minimum absolute atomic E-state index is 0.0715. The average Bonchev–Trinajstić information content (AvgIpc) is 2.65. The van der Waals surface area contributed by atoms with Crippen LogP contribution >= 0.6 is 0 Å². The van der Waals surface area contributed by atoms with E-state index in [1.807, 2.05) is 27.0 Å². The second-order valence-electron chi connectivity index (χ2n) is 7.69. The second kappa shape index (κ2) is 6.31. The van der Waals surface area contributed by atoms with Gasteiger partial charge in [0.05, 0.1) is 23.9 Å². The van der Waals surface area contributed by atoms with Gasteiger partial charge < -0.3 is 5.41 Å². The Labute approximate surface area is 158 Å². The first-order valence-electron chi connectivity index (χ1n) is 8.74. The molecule has 1 N–H and O–H groups in total. The average molecular weight is 361 g/mol. The van der Waals surface area contributed by atoms with E-state index in [0.29, 0.717) is 12.1 Å². The summed E-state index contributed by atoms with van der Waals surface area (Å²) >= 11 is 0. The fourth-order valence-corrected chi connectivity index (χ4v) is 4.71. The monoisotopic (exact) mass is 361 g/mol. The maximum absolute atomic E-state index is 13.5. The van der Waals surface area contributed by atoms with E-state index in [0.717, 1.165) is 5.57 Å². The molecule has 1 fully saturated rings. The van der Waals surface area contributed by atoms with Crippen LogP contribution in [0.1, 0.15) is 25.3 Å². The predicted octanol–water partition coefficient (Wildman–Crippen LogP) is 3.38. The van der Waals surface area contributed by atoms with Crippen molar-refractivity contribution >= 4 is 5.71 Å². The second-order valence-corrected chi connectivity index (χ2v) is 7.69. The van der Waals surface area contributed by atoms with E-state index in [1.54, 1.807) is 12.1 Å². The number of fused-ring (bicyclic) bond motifs is 1. The zero-order valence-electron chi connectivity index (χ0n) is 15.5. The van der Waals surface area contributed by atoms with Crippen LogP contribution in [0.15, 0.2) is 35.9 Å². The zero-order valence-corrected chi connectivity index (χ0v) is 15.5. The molecular formula is C21H20FN5. The maximum atomic E-state index is 13.5. The van der Waals surface area contributed by atoms with E-state index in [-0.39, 0.29) is 11.8 Å². The lowest BCUT2D eigenvalue weighted by Gasteiger charge is -2.55. The molecule has 0 bridgehead atoms. The first kappa shape index (κ1) is 18.8. The van der Waals surface area contributed by atoms with E-state index >= 15 is 0 Å². The normalized spacial score (nSPS) is 32.4. The van der Waals surface area contributed by atoms with Crippen LogP contribution in [0, 0.1) is 62.0 Å². The van der Waals surface area contributed by atoms with Crippen LogP contribution in [0.5, 0.6) is 0 Å². The smallest absolute Gasteiger partial charge is 0.190 e. The Morgan fingerprint density at radius 1 is 1.19 bits per heavy atom. The molecule has 0 radical (unpaired) electrons. The summed E-state index contributed by atoms with van der Waals surface area (Å²) in [6.45, 7) is 4.47. The number of nitrogens with one attached hydrogen (secondary N) is 1. The summed E-state index contributed by atoms with van der Waals surface area (Å²) in [6.07, 6.45) is 1.97. The fraction of sp³-hybridized carbons (Fsp3) is 0.429. The highest BCUT2D eigenvalue weighted by Gasteiger charge is 2.63. The van der Waals surface area contributed by atoms with Crippen molar-refractivity contribution in [3.63, 3.8) is 0 Å². The van der Waals surface area contributed by atoms with Crippen LogP contribution in [-0.2, 0) is 0 Å². The van der Waals surface area contributed by atoms with Gasteiger partial charge in [-0.2, -0.15) is 15.8 Å². The van der Waals surface area contributed by atoms with Gasteiger partial charge in [0.15, 0.2) is 5.41 Å². The van der Waals surface area contributed by atoms with E-state index in [1.165, 1.54) is 12.1 Å². The third-order valence-corrected chi connectivity index (χ3v) is 6.13. The van der Waals surface area contributed by atoms with Gasteiger partial charge in [-0.3, -0.25) is 4.90 Å². The first-order valence-corrected chi connectivity index (χ1v) is 8.74. The topological polar surface area (TPSA) is 98.5 Å². The van der Waals surface area contributed by atoms with Crippen molar-refractivity contribution in [2.75, 3.05) is 13.6 Å². The molecule has 1 aliphatic heterocycles. The Morgan fingerprint density at radius 3 is 2.30 bits per heavy atom. The summed E-state index contributed by atoms with van der Waals surface area (Å²) in [5, 5.41) is 38.4. The molecule has 1 aromatic rings. The largest absolute Gasteiger partial charge is 0.305 e. The molecule has 136 valence electrons. The Hall–Kier alpha value is -3.01. The van der Waals surface area contributed by atoms with Crippen LogP contribution in [-0.4, -0.2) is 30.2 Å². The van der Waals surface area contributed by atoms with Crippen molar-refractivity contribution < 1.29 is 4.39 Å². The van der Waals surface area contributed by atoms with Crippen LogP contribution in [0.4, 0.5) is 4.39 Å². The summed E-state index contributed by atoms with van der Waals surface area (Å²) in [5.41, 5.74) is -1.29.